The van der Waals surface area contributed by atoms with E-state index in [1.54, 1.807) is 6.92 Å². The zero-order chi connectivity index (χ0) is 15.5. The van der Waals surface area contributed by atoms with Crippen molar-refractivity contribution >= 4 is 11.7 Å². The van der Waals surface area contributed by atoms with Gasteiger partial charge in [-0.2, -0.15) is 0 Å². The molecule has 0 bridgehead atoms. The quantitative estimate of drug-likeness (QED) is 0.573. The minimum atomic E-state index is -0.0494. The average molecular weight is 284 g/mol. The second-order valence-electron chi connectivity index (χ2n) is 6.26. The molecule has 4 heteroatoms. The number of nitrogens with one attached hydrogen (secondary N) is 2. The fourth-order valence-electron chi connectivity index (χ4n) is 2.02. The summed E-state index contributed by atoms with van der Waals surface area (Å²) >= 11 is 0. The number of rotatable bonds is 11. The van der Waals surface area contributed by atoms with Gasteiger partial charge in [0.05, 0.1) is 6.04 Å². The van der Waals surface area contributed by atoms with Crippen LogP contribution in [0, 0.1) is 5.92 Å². The summed E-state index contributed by atoms with van der Waals surface area (Å²) in [6, 6.07) is 0.270. The second kappa shape index (κ2) is 10.8. The fraction of sp³-hybridized carbons (Fsp3) is 0.875. The molecule has 0 fully saturated rings. The maximum absolute atomic E-state index is 11.5. The van der Waals surface area contributed by atoms with Crippen LogP contribution in [-0.2, 0) is 9.59 Å². The van der Waals surface area contributed by atoms with Crippen molar-refractivity contribution in [1.29, 1.82) is 0 Å². The van der Waals surface area contributed by atoms with Gasteiger partial charge in [0.2, 0.25) is 5.91 Å². The third kappa shape index (κ3) is 11.0. The lowest BCUT2D eigenvalue weighted by Gasteiger charge is -2.18. The van der Waals surface area contributed by atoms with E-state index in [0.717, 1.165) is 25.7 Å². The molecule has 1 atom stereocenters. The average Bonchev–Trinajstić information content (AvgIpc) is 2.33. The molecule has 0 aromatic heterocycles. The van der Waals surface area contributed by atoms with Crippen LogP contribution in [0.2, 0.25) is 0 Å². The van der Waals surface area contributed by atoms with Crippen molar-refractivity contribution in [1.82, 2.24) is 10.6 Å². The number of ketones is 1. The van der Waals surface area contributed by atoms with Gasteiger partial charge in [-0.3, -0.25) is 9.59 Å². The van der Waals surface area contributed by atoms with Crippen LogP contribution in [-0.4, -0.2) is 30.3 Å². The normalized spacial score (nSPS) is 12.8. The Bertz CT molecular complexity index is 288. The Morgan fingerprint density at radius 1 is 1.00 bits per heavy atom. The van der Waals surface area contributed by atoms with Crippen LogP contribution in [0.4, 0.5) is 0 Å². The van der Waals surface area contributed by atoms with Gasteiger partial charge in [0, 0.05) is 19.0 Å². The van der Waals surface area contributed by atoms with Crippen LogP contribution in [0.3, 0.4) is 0 Å². The molecule has 4 nitrogen and oxygen atoms in total. The first kappa shape index (κ1) is 19.1. The fourth-order valence-corrected chi connectivity index (χ4v) is 2.02. The highest BCUT2D eigenvalue weighted by Gasteiger charge is 2.14. The van der Waals surface area contributed by atoms with Crippen LogP contribution in [0.1, 0.15) is 66.7 Å². The topological polar surface area (TPSA) is 58.2 Å². The van der Waals surface area contributed by atoms with E-state index in [2.05, 4.69) is 24.5 Å². The molecular weight excluding hydrogens is 252 g/mol. The van der Waals surface area contributed by atoms with Crippen LogP contribution >= 0.6 is 0 Å². The third-order valence-corrected chi connectivity index (χ3v) is 3.22. The van der Waals surface area contributed by atoms with Gasteiger partial charge < -0.3 is 10.6 Å². The van der Waals surface area contributed by atoms with E-state index in [1.165, 1.54) is 0 Å². The molecule has 0 aromatic carbocycles. The first-order chi connectivity index (χ1) is 9.32. The predicted octanol–water partition coefficient (Wildman–Crippen LogP) is 2.66. The summed E-state index contributed by atoms with van der Waals surface area (Å²) in [5, 5.41) is 6.21. The highest BCUT2D eigenvalue weighted by atomic mass is 16.1. The Hall–Kier alpha value is -0.900. The molecule has 2 N–H and O–H groups in total. The Morgan fingerprint density at radius 3 is 2.15 bits per heavy atom. The molecule has 0 saturated carbocycles. The van der Waals surface area contributed by atoms with Gasteiger partial charge in [-0.15, -0.1) is 0 Å². The number of hydrogen-bond donors (Lipinski definition) is 2. The number of amides is 1. The Morgan fingerprint density at radius 2 is 1.65 bits per heavy atom. The molecule has 1 amide bonds. The Kier molecular flexibility index (Phi) is 10.3. The van der Waals surface area contributed by atoms with Gasteiger partial charge >= 0.3 is 0 Å². The second-order valence-corrected chi connectivity index (χ2v) is 6.26. The van der Waals surface area contributed by atoms with Gasteiger partial charge in [0.1, 0.15) is 5.78 Å². The summed E-state index contributed by atoms with van der Waals surface area (Å²) in [5.41, 5.74) is 0. The molecule has 0 saturated heterocycles. The molecule has 0 aliphatic carbocycles. The van der Waals surface area contributed by atoms with Gasteiger partial charge in [0.25, 0.3) is 0 Å². The van der Waals surface area contributed by atoms with Crippen LogP contribution in [0.25, 0.3) is 0 Å². The summed E-state index contributed by atoms with van der Waals surface area (Å²) in [6.45, 7) is 10.7. The molecule has 0 aliphatic rings. The minimum absolute atomic E-state index is 0.0494. The van der Waals surface area contributed by atoms with Gasteiger partial charge in [-0.1, -0.05) is 27.7 Å². The minimum Gasteiger partial charge on any atom is -0.356 e. The molecule has 0 unspecified atom stereocenters. The predicted molar refractivity (Wildman–Crippen MR) is 83.7 cm³/mol. The lowest BCUT2D eigenvalue weighted by molar-refractivity contribution is -0.121. The summed E-state index contributed by atoms with van der Waals surface area (Å²) in [4.78, 5) is 23.0. The highest BCUT2D eigenvalue weighted by Crippen LogP contribution is 2.04. The first-order valence-electron chi connectivity index (χ1n) is 7.86. The van der Waals surface area contributed by atoms with Crippen molar-refractivity contribution in [2.45, 2.75) is 78.8 Å². The lowest BCUT2D eigenvalue weighted by atomic mass is 10.1. The number of carbonyl (C=O) groups excluding carboxylic acids is 2. The standard InChI is InChI=1S/C16H32N2O2/c1-12(2)9-10-16(20)17-11-7-6-8-15(14(5)19)18-13(3)4/h12-13,15,18H,6-11H2,1-5H3,(H,17,20)/t15-/m0/s1. The summed E-state index contributed by atoms with van der Waals surface area (Å²) in [6.07, 6.45) is 4.28. The Labute approximate surface area is 124 Å². The largest absolute Gasteiger partial charge is 0.356 e. The lowest BCUT2D eigenvalue weighted by Crippen LogP contribution is -2.39. The molecular formula is C16H32N2O2. The van der Waals surface area contributed by atoms with E-state index in [0.29, 0.717) is 24.9 Å². The number of carbonyl (C=O) groups is 2. The molecule has 0 radical (unpaired) electrons. The summed E-state index contributed by atoms with van der Waals surface area (Å²) in [7, 11) is 0. The summed E-state index contributed by atoms with van der Waals surface area (Å²) < 4.78 is 0. The van der Waals surface area contributed by atoms with Crippen LogP contribution in [0.5, 0.6) is 0 Å². The van der Waals surface area contributed by atoms with E-state index in [-0.39, 0.29) is 17.7 Å². The molecule has 0 aromatic rings. The summed E-state index contributed by atoms with van der Waals surface area (Å²) in [5.74, 6) is 0.904. The van der Waals surface area contributed by atoms with Crippen molar-refractivity contribution in [2.75, 3.05) is 6.54 Å². The van der Waals surface area contributed by atoms with E-state index >= 15 is 0 Å². The zero-order valence-electron chi connectivity index (χ0n) is 13.8. The maximum Gasteiger partial charge on any atom is 0.220 e. The molecule has 20 heavy (non-hydrogen) atoms. The van der Waals surface area contributed by atoms with Crippen LogP contribution in [0.15, 0.2) is 0 Å². The zero-order valence-corrected chi connectivity index (χ0v) is 13.8. The highest BCUT2D eigenvalue weighted by molar-refractivity contribution is 5.81. The van der Waals surface area contributed by atoms with Crippen molar-refractivity contribution in [2.24, 2.45) is 5.92 Å². The Balaban J connectivity index is 3.68. The van der Waals surface area contributed by atoms with Crippen molar-refractivity contribution in [3.05, 3.63) is 0 Å². The van der Waals surface area contributed by atoms with Crippen LogP contribution < -0.4 is 10.6 Å². The van der Waals surface area contributed by atoms with E-state index in [4.69, 9.17) is 0 Å². The number of hydrogen-bond acceptors (Lipinski definition) is 3. The molecule has 118 valence electrons. The molecule has 0 rings (SSSR count). The smallest absolute Gasteiger partial charge is 0.220 e. The number of unbranched alkanes of at least 4 members (excludes halogenated alkanes) is 1. The first-order valence-corrected chi connectivity index (χ1v) is 7.86. The molecule has 0 aliphatic heterocycles. The monoisotopic (exact) mass is 284 g/mol. The van der Waals surface area contributed by atoms with Gasteiger partial charge in [-0.25, -0.2) is 0 Å². The van der Waals surface area contributed by atoms with Gasteiger partial charge in [0.15, 0.2) is 0 Å². The molecule has 0 heterocycles. The third-order valence-electron chi connectivity index (χ3n) is 3.22. The van der Waals surface area contributed by atoms with E-state index in [9.17, 15) is 9.59 Å². The van der Waals surface area contributed by atoms with E-state index in [1.807, 2.05) is 13.8 Å². The van der Waals surface area contributed by atoms with E-state index < -0.39 is 0 Å². The molecule has 0 spiro atoms. The van der Waals surface area contributed by atoms with Crippen molar-refractivity contribution < 1.29 is 9.59 Å². The van der Waals surface area contributed by atoms with Crippen molar-refractivity contribution in [3.63, 3.8) is 0 Å². The SMILES string of the molecule is CC(=O)[C@H](CCCCNC(=O)CCC(C)C)NC(C)C. The van der Waals surface area contributed by atoms with Gasteiger partial charge in [-0.05, 0) is 38.5 Å². The van der Waals surface area contributed by atoms with Crippen molar-refractivity contribution in [3.8, 4) is 0 Å². The maximum atomic E-state index is 11.5. The number of Topliss-reactive ketones (excluding diaryl/α,β-unsaturated/α-hetero) is 1.